The van der Waals surface area contributed by atoms with Gasteiger partial charge >= 0.3 is 5.97 Å². The van der Waals surface area contributed by atoms with Gasteiger partial charge in [0.05, 0.1) is 18.7 Å². The quantitative estimate of drug-likeness (QED) is 0.896. The van der Waals surface area contributed by atoms with E-state index in [1.165, 1.54) is 12.1 Å². The molecule has 1 unspecified atom stereocenters. The van der Waals surface area contributed by atoms with Crippen LogP contribution in [0.4, 0.5) is 4.39 Å². The lowest BCUT2D eigenvalue weighted by atomic mass is 10.1. The Morgan fingerprint density at radius 1 is 1.39 bits per heavy atom. The molecule has 1 aliphatic heterocycles. The molecule has 9 heteroatoms. The van der Waals surface area contributed by atoms with Gasteiger partial charge in [-0.15, -0.1) is 10.2 Å². The summed E-state index contributed by atoms with van der Waals surface area (Å²) in [6.07, 6.45) is 0. The van der Waals surface area contributed by atoms with Crippen molar-refractivity contribution in [3.05, 3.63) is 46.3 Å². The lowest BCUT2D eigenvalue weighted by Crippen LogP contribution is -2.51. The summed E-state index contributed by atoms with van der Waals surface area (Å²) < 4.78 is 15.6. The minimum absolute atomic E-state index is 0.0113. The summed E-state index contributed by atoms with van der Waals surface area (Å²) in [5, 5.41) is 17.4. The molecule has 1 amide bonds. The fourth-order valence-corrected chi connectivity index (χ4v) is 2.73. The SMILES string of the molecule is Cc1nnc2n1CC(C(=O)O)N(C(=O)c1cc(Cl)ccc1F)C2. The standard InChI is InChI=1S/C14H12ClFN4O3/c1-7-17-18-12-6-20(11(14(22)23)5-19(7)12)13(21)9-4-8(15)2-3-10(9)16/h2-4,11H,5-6H2,1H3,(H,22,23). The van der Waals surface area contributed by atoms with E-state index in [1.54, 1.807) is 11.5 Å². The van der Waals surface area contributed by atoms with Crippen molar-refractivity contribution in [2.45, 2.75) is 26.1 Å². The van der Waals surface area contributed by atoms with Crippen LogP contribution in [-0.2, 0) is 17.9 Å². The molecule has 0 spiro atoms. The first-order valence-corrected chi connectivity index (χ1v) is 7.13. The van der Waals surface area contributed by atoms with Crippen LogP contribution >= 0.6 is 11.6 Å². The van der Waals surface area contributed by atoms with Crippen molar-refractivity contribution in [3.8, 4) is 0 Å². The summed E-state index contributed by atoms with van der Waals surface area (Å²) in [5.41, 5.74) is -0.270. The Morgan fingerprint density at radius 3 is 2.83 bits per heavy atom. The predicted octanol–water partition coefficient (Wildman–Crippen LogP) is 1.49. The van der Waals surface area contributed by atoms with E-state index in [2.05, 4.69) is 10.2 Å². The normalized spacial score (nSPS) is 17.0. The van der Waals surface area contributed by atoms with Crippen LogP contribution in [0.3, 0.4) is 0 Å². The van der Waals surface area contributed by atoms with Gasteiger partial charge < -0.3 is 14.6 Å². The van der Waals surface area contributed by atoms with Crippen molar-refractivity contribution < 1.29 is 19.1 Å². The van der Waals surface area contributed by atoms with Crippen LogP contribution in [0, 0.1) is 12.7 Å². The summed E-state index contributed by atoms with van der Waals surface area (Å²) in [6.45, 7) is 1.64. The monoisotopic (exact) mass is 338 g/mol. The van der Waals surface area contributed by atoms with Crippen LogP contribution in [0.1, 0.15) is 22.0 Å². The number of halogens is 2. The van der Waals surface area contributed by atoms with E-state index in [9.17, 15) is 19.1 Å². The molecular weight excluding hydrogens is 327 g/mol. The van der Waals surface area contributed by atoms with Gasteiger partial charge in [-0.25, -0.2) is 9.18 Å². The molecule has 1 atom stereocenters. The fraction of sp³-hybridized carbons (Fsp3) is 0.286. The molecule has 0 bridgehead atoms. The minimum atomic E-state index is -1.18. The highest BCUT2D eigenvalue weighted by Crippen LogP contribution is 2.23. The van der Waals surface area contributed by atoms with Crippen LogP contribution in [0.5, 0.6) is 0 Å². The van der Waals surface area contributed by atoms with Gasteiger partial charge in [0.15, 0.2) is 5.82 Å². The Hall–Kier alpha value is -2.48. The summed E-state index contributed by atoms with van der Waals surface area (Å²) in [5.74, 6) is -1.67. The van der Waals surface area contributed by atoms with Crippen molar-refractivity contribution in [2.75, 3.05) is 0 Å². The zero-order valence-corrected chi connectivity index (χ0v) is 12.8. The van der Waals surface area contributed by atoms with E-state index >= 15 is 0 Å². The largest absolute Gasteiger partial charge is 0.480 e. The lowest BCUT2D eigenvalue weighted by Gasteiger charge is -2.33. The molecule has 23 heavy (non-hydrogen) atoms. The number of amides is 1. The van der Waals surface area contributed by atoms with E-state index in [4.69, 9.17) is 11.6 Å². The number of aryl methyl sites for hydroxylation is 1. The Labute approximate surface area is 135 Å². The number of hydrogen-bond acceptors (Lipinski definition) is 4. The maximum absolute atomic E-state index is 13.9. The number of carbonyl (C=O) groups is 2. The number of nitrogens with zero attached hydrogens (tertiary/aromatic N) is 4. The third-order valence-electron chi connectivity index (χ3n) is 3.76. The predicted molar refractivity (Wildman–Crippen MR) is 77.5 cm³/mol. The van der Waals surface area contributed by atoms with Crippen LogP contribution in [0.15, 0.2) is 18.2 Å². The third kappa shape index (κ3) is 2.65. The molecule has 0 saturated carbocycles. The first-order chi connectivity index (χ1) is 10.9. The zero-order valence-electron chi connectivity index (χ0n) is 12.0. The maximum atomic E-state index is 13.9. The molecule has 1 aliphatic rings. The number of carboxylic acid groups (broad SMARTS) is 1. The zero-order chi connectivity index (χ0) is 16.7. The highest BCUT2D eigenvalue weighted by molar-refractivity contribution is 6.31. The highest BCUT2D eigenvalue weighted by Gasteiger charge is 2.37. The Bertz CT molecular complexity index is 807. The molecule has 0 radical (unpaired) electrons. The number of benzene rings is 1. The number of fused-ring (bicyclic) bond motifs is 1. The van der Waals surface area contributed by atoms with Crippen LogP contribution in [0.25, 0.3) is 0 Å². The van der Waals surface area contributed by atoms with Gasteiger partial charge in [0, 0.05) is 5.02 Å². The van der Waals surface area contributed by atoms with E-state index < -0.39 is 23.7 Å². The second-order valence-corrected chi connectivity index (χ2v) is 5.62. The number of carbonyl (C=O) groups excluding carboxylic acids is 1. The van der Waals surface area contributed by atoms with Gasteiger partial charge in [-0.3, -0.25) is 4.79 Å². The second-order valence-electron chi connectivity index (χ2n) is 5.19. The summed E-state index contributed by atoms with van der Waals surface area (Å²) in [6, 6.07) is 2.44. The average Bonchev–Trinajstić information content (AvgIpc) is 2.88. The summed E-state index contributed by atoms with van der Waals surface area (Å²) >= 11 is 5.80. The Kier molecular flexibility index (Phi) is 3.77. The van der Waals surface area contributed by atoms with Crippen LogP contribution in [-0.4, -0.2) is 42.7 Å². The number of rotatable bonds is 2. The second kappa shape index (κ2) is 5.62. The molecule has 2 aromatic rings. The number of carboxylic acids is 1. The molecule has 1 aromatic carbocycles. The van der Waals surface area contributed by atoms with E-state index in [1.807, 2.05) is 0 Å². The van der Waals surface area contributed by atoms with Crippen LogP contribution in [0.2, 0.25) is 5.02 Å². The van der Waals surface area contributed by atoms with Crippen molar-refractivity contribution in [1.29, 1.82) is 0 Å². The van der Waals surface area contributed by atoms with Gasteiger partial charge in [0.2, 0.25) is 0 Å². The molecule has 0 fully saturated rings. The van der Waals surface area contributed by atoms with Gasteiger partial charge in [0.1, 0.15) is 17.7 Å². The fourth-order valence-electron chi connectivity index (χ4n) is 2.55. The van der Waals surface area contributed by atoms with Crippen molar-refractivity contribution in [2.24, 2.45) is 0 Å². The highest BCUT2D eigenvalue weighted by atomic mass is 35.5. The topological polar surface area (TPSA) is 88.3 Å². The molecule has 7 nitrogen and oxygen atoms in total. The number of aliphatic carboxylic acids is 1. The number of hydrogen-bond donors (Lipinski definition) is 1. The minimum Gasteiger partial charge on any atom is -0.480 e. The van der Waals surface area contributed by atoms with Gasteiger partial charge in [-0.2, -0.15) is 0 Å². The Morgan fingerprint density at radius 2 is 2.13 bits per heavy atom. The number of aromatic nitrogens is 3. The molecule has 1 N–H and O–H groups in total. The van der Waals surface area contributed by atoms with Gasteiger partial charge in [-0.05, 0) is 25.1 Å². The molecule has 3 rings (SSSR count). The van der Waals surface area contributed by atoms with Crippen LogP contribution < -0.4 is 0 Å². The lowest BCUT2D eigenvalue weighted by molar-refractivity contribution is -0.143. The summed E-state index contributed by atoms with van der Waals surface area (Å²) in [4.78, 5) is 25.2. The first kappa shape index (κ1) is 15.4. The van der Waals surface area contributed by atoms with Gasteiger partial charge in [-0.1, -0.05) is 11.6 Å². The van der Waals surface area contributed by atoms with E-state index in [-0.39, 0.29) is 23.7 Å². The molecule has 0 saturated heterocycles. The maximum Gasteiger partial charge on any atom is 0.328 e. The van der Waals surface area contributed by atoms with Crippen molar-refractivity contribution >= 4 is 23.5 Å². The molecule has 0 aliphatic carbocycles. The third-order valence-corrected chi connectivity index (χ3v) is 4.00. The molecule has 120 valence electrons. The molecular formula is C14H12ClFN4O3. The van der Waals surface area contributed by atoms with Crippen molar-refractivity contribution in [1.82, 2.24) is 19.7 Å². The summed E-state index contributed by atoms with van der Waals surface area (Å²) in [7, 11) is 0. The van der Waals surface area contributed by atoms with E-state index in [0.29, 0.717) is 11.6 Å². The molecule has 2 heterocycles. The Balaban J connectivity index is 2.01. The van der Waals surface area contributed by atoms with E-state index in [0.717, 1.165) is 11.0 Å². The van der Waals surface area contributed by atoms with Gasteiger partial charge in [0.25, 0.3) is 5.91 Å². The molecule has 1 aromatic heterocycles. The average molecular weight is 339 g/mol. The smallest absolute Gasteiger partial charge is 0.328 e. The first-order valence-electron chi connectivity index (χ1n) is 6.76. The van der Waals surface area contributed by atoms with Crippen molar-refractivity contribution in [3.63, 3.8) is 0 Å².